The van der Waals surface area contributed by atoms with Crippen molar-refractivity contribution in [2.45, 2.75) is 19.3 Å². The third kappa shape index (κ3) is 25.7. The number of unbranched alkanes of at least 4 members (excludes halogenated alkanes) is 2. The first kappa shape index (κ1) is 13.5. The van der Waals surface area contributed by atoms with Gasteiger partial charge in [0.2, 0.25) is 0 Å². The lowest BCUT2D eigenvalue weighted by Gasteiger charge is -1.91. The Morgan fingerprint density at radius 1 is 1.09 bits per heavy atom. The molecule has 0 rings (SSSR count). The highest BCUT2D eigenvalue weighted by atomic mass is 32.1. The minimum atomic E-state index is 0.333. The van der Waals surface area contributed by atoms with Crippen LogP contribution >= 0.6 is 12.6 Å². The highest BCUT2D eigenvalue weighted by Crippen LogP contribution is 1.88. The molecule has 0 radical (unpaired) electrons. The molecule has 0 aliphatic carbocycles. The van der Waals surface area contributed by atoms with Crippen LogP contribution in [-0.2, 0) is 4.79 Å². The summed E-state index contributed by atoms with van der Waals surface area (Å²) in [5.74, 6) is 0.333. The van der Waals surface area contributed by atoms with Gasteiger partial charge < -0.3 is 16.3 Å². The molecule has 0 spiro atoms. The SMILES string of the molecule is NCCCCCN.O=CCS. The first-order valence-corrected chi connectivity index (χ1v) is 4.41. The van der Waals surface area contributed by atoms with E-state index < -0.39 is 0 Å². The van der Waals surface area contributed by atoms with E-state index in [1.165, 1.54) is 6.42 Å². The van der Waals surface area contributed by atoms with Crippen molar-refractivity contribution in [1.29, 1.82) is 0 Å². The summed E-state index contributed by atoms with van der Waals surface area (Å²) in [4.78, 5) is 9.10. The number of nitrogens with two attached hydrogens (primary N) is 2. The average molecular weight is 178 g/mol. The van der Waals surface area contributed by atoms with Crippen molar-refractivity contribution in [3.8, 4) is 0 Å². The molecule has 0 aliphatic heterocycles. The van der Waals surface area contributed by atoms with E-state index in [2.05, 4.69) is 12.6 Å². The van der Waals surface area contributed by atoms with E-state index in [9.17, 15) is 0 Å². The fourth-order valence-electron chi connectivity index (χ4n) is 0.465. The van der Waals surface area contributed by atoms with Crippen molar-refractivity contribution in [3.63, 3.8) is 0 Å². The smallest absolute Gasteiger partial charge is 0.129 e. The fourth-order valence-corrected chi connectivity index (χ4v) is 0.465. The van der Waals surface area contributed by atoms with Gasteiger partial charge >= 0.3 is 0 Å². The van der Waals surface area contributed by atoms with Gasteiger partial charge in [0.05, 0.1) is 0 Å². The highest BCUT2D eigenvalue weighted by Gasteiger charge is 1.80. The van der Waals surface area contributed by atoms with Crippen molar-refractivity contribution in [2.24, 2.45) is 11.5 Å². The fraction of sp³-hybridized carbons (Fsp3) is 0.857. The summed E-state index contributed by atoms with van der Waals surface area (Å²) in [6.07, 6.45) is 4.17. The van der Waals surface area contributed by atoms with Gasteiger partial charge in [0.1, 0.15) is 6.29 Å². The van der Waals surface area contributed by atoms with Crippen molar-refractivity contribution < 1.29 is 4.79 Å². The molecule has 0 saturated carbocycles. The van der Waals surface area contributed by atoms with E-state index in [-0.39, 0.29) is 0 Å². The topological polar surface area (TPSA) is 69.1 Å². The lowest BCUT2D eigenvalue weighted by Crippen LogP contribution is -2.02. The number of thiol groups is 1. The molecule has 0 aromatic rings. The molecule has 0 atom stereocenters. The van der Waals surface area contributed by atoms with Crippen molar-refractivity contribution >= 4 is 18.9 Å². The molecular weight excluding hydrogens is 160 g/mol. The largest absolute Gasteiger partial charge is 0.330 e. The zero-order valence-electron chi connectivity index (χ0n) is 6.83. The van der Waals surface area contributed by atoms with Crippen LogP contribution in [-0.4, -0.2) is 25.1 Å². The Bertz CT molecular complexity index is 67.5. The van der Waals surface area contributed by atoms with E-state index in [0.717, 1.165) is 32.2 Å². The van der Waals surface area contributed by atoms with E-state index in [0.29, 0.717) is 5.75 Å². The van der Waals surface area contributed by atoms with Crippen LogP contribution in [0.3, 0.4) is 0 Å². The van der Waals surface area contributed by atoms with E-state index in [1.807, 2.05) is 0 Å². The molecule has 4 heteroatoms. The molecular formula is C7H18N2OS. The number of hydrogen-bond acceptors (Lipinski definition) is 4. The molecule has 0 saturated heterocycles. The molecule has 0 fully saturated rings. The van der Waals surface area contributed by atoms with Crippen molar-refractivity contribution in [1.82, 2.24) is 0 Å². The van der Waals surface area contributed by atoms with Gasteiger partial charge in [-0.15, -0.1) is 0 Å². The van der Waals surface area contributed by atoms with Gasteiger partial charge in [-0.1, -0.05) is 6.42 Å². The lowest BCUT2D eigenvalue weighted by molar-refractivity contribution is -0.105. The molecule has 0 bridgehead atoms. The quantitative estimate of drug-likeness (QED) is 0.320. The Labute approximate surface area is 73.9 Å². The first-order valence-electron chi connectivity index (χ1n) is 3.78. The third-order valence-corrected chi connectivity index (χ3v) is 1.13. The zero-order chi connectivity index (χ0) is 8.95. The number of rotatable bonds is 5. The number of hydrogen-bond donors (Lipinski definition) is 3. The van der Waals surface area contributed by atoms with Crippen LogP contribution < -0.4 is 11.5 Å². The Morgan fingerprint density at radius 2 is 1.45 bits per heavy atom. The molecule has 4 N–H and O–H groups in total. The summed E-state index contributed by atoms with van der Waals surface area (Å²) >= 11 is 3.55. The Morgan fingerprint density at radius 3 is 1.64 bits per heavy atom. The summed E-state index contributed by atoms with van der Waals surface area (Å²) in [5, 5.41) is 0. The summed E-state index contributed by atoms with van der Waals surface area (Å²) in [6, 6.07) is 0. The van der Waals surface area contributed by atoms with Crippen LogP contribution in [0.4, 0.5) is 0 Å². The van der Waals surface area contributed by atoms with Crippen molar-refractivity contribution in [2.75, 3.05) is 18.8 Å². The van der Waals surface area contributed by atoms with Gasteiger partial charge in [-0.25, -0.2) is 0 Å². The lowest BCUT2D eigenvalue weighted by atomic mass is 10.2. The Kier molecular flexibility index (Phi) is 20.3. The van der Waals surface area contributed by atoms with E-state index in [1.54, 1.807) is 0 Å². The third-order valence-electron chi connectivity index (χ3n) is 0.983. The molecule has 0 aliphatic rings. The maximum absolute atomic E-state index is 9.10. The summed E-state index contributed by atoms with van der Waals surface area (Å²) in [5.41, 5.74) is 10.5. The predicted molar refractivity (Wildman–Crippen MR) is 51.9 cm³/mol. The molecule has 11 heavy (non-hydrogen) atoms. The van der Waals surface area contributed by atoms with E-state index >= 15 is 0 Å². The normalized spacial score (nSPS) is 8.27. The summed E-state index contributed by atoms with van der Waals surface area (Å²) in [6.45, 7) is 1.61. The highest BCUT2D eigenvalue weighted by molar-refractivity contribution is 7.80. The van der Waals surface area contributed by atoms with Gasteiger partial charge in [-0.3, -0.25) is 0 Å². The second kappa shape index (κ2) is 16.5. The van der Waals surface area contributed by atoms with Gasteiger partial charge in [-0.05, 0) is 25.9 Å². The van der Waals surface area contributed by atoms with E-state index in [4.69, 9.17) is 16.3 Å². The van der Waals surface area contributed by atoms with Crippen LogP contribution in [0, 0.1) is 0 Å². The molecule has 0 heterocycles. The van der Waals surface area contributed by atoms with Gasteiger partial charge in [0.15, 0.2) is 0 Å². The minimum Gasteiger partial charge on any atom is -0.330 e. The zero-order valence-corrected chi connectivity index (χ0v) is 7.72. The Balaban J connectivity index is 0. The number of aldehydes is 1. The minimum absolute atomic E-state index is 0.333. The predicted octanol–water partition coefficient (Wildman–Crippen LogP) is 0.189. The molecule has 68 valence electrons. The summed E-state index contributed by atoms with van der Waals surface area (Å²) < 4.78 is 0. The van der Waals surface area contributed by atoms with Crippen LogP contribution in [0.25, 0.3) is 0 Å². The van der Waals surface area contributed by atoms with Crippen LogP contribution in [0.1, 0.15) is 19.3 Å². The first-order chi connectivity index (χ1) is 5.33. The van der Waals surface area contributed by atoms with Crippen LogP contribution in [0.5, 0.6) is 0 Å². The maximum atomic E-state index is 9.10. The maximum Gasteiger partial charge on any atom is 0.129 e. The Hall–Kier alpha value is -0.0600. The number of carbonyl (C=O) groups excluding carboxylic acids is 1. The summed E-state index contributed by atoms with van der Waals surface area (Å²) in [7, 11) is 0. The molecule has 3 nitrogen and oxygen atoms in total. The van der Waals surface area contributed by atoms with Crippen LogP contribution in [0.2, 0.25) is 0 Å². The monoisotopic (exact) mass is 178 g/mol. The number of carbonyl (C=O) groups is 1. The molecule has 0 unspecified atom stereocenters. The van der Waals surface area contributed by atoms with Crippen LogP contribution in [0.15, 0.2) is 0 Å². The second-order valence-corrected chi connectivity index (χ2v) is 2.35. The molecule has 0 aromatic heterocycles. The molecule has 0 amide bonds. The van der Waals surface area contributed by atoms with Crippen molar-refractivity contribution in [3.05, 3.63) is 0 Å². The van der Waals surface area contributed by atoms with Gasteiger partial charge in [-0.2, -0.15) is 12.6 Å². The average Bonchev–Trinajstić information content (AvgIpc) is 2.06. The standard InChI is InChI=1S/C5H14N2.C2H4OS/c6-4-2-1-3-5-7;3-1-2-4/h1-7H2;1,4H,2H2. The van der Waals surface area contributed by atoms with Gasteiger partial charge in [0, 0.05) is 5.75 Å². The molecule has 0 aromatic carbocycles. The van der Waals surface area contributed by atoms with Gasteiger partial charge in [0.25, 0.3) is 0 Å². The second-order valence-electron chi connectivity index (χ2n) is 1.99.